The van der Waals surface area contributed by atoms with Crippen LogP contribution in [0, 0.1) is 5.92 Å². The minimum absolute atomic E-state index is 0.00914. The second-order valence-corrected chi connectivity index (χ2v) is 8.36. The van der Waals surface area contributed by atoms with Crippen LogP contribution in [0.2, 0.25) is 5.02 Å². The number of ether oxygens (including phenoxy) is 1. The molecule has 2 heterocycles. The number of likely N-dealkylation sites (N-methyl/N-ethyl adjacent to an activating group) is 1. The van der Waals surface area contributed by atoms with Crippen LogP contribution in [-0.2, 0) is 16.1 Å². The van der Waals surface area contributed by atoms with Crippen LogP contribution in [0.3, 0.4) is 0 Å². The van der Waals surface area contributed by atoms with Crippen molar-refractivity contribution in [1.82, 2.24) is 20.0 Å². The fraction of sp³-hybridized carbons (Fsp3) is 0.619. The van der Waals surface area contributed by atoms with Gasteiger partial charge in [-0.3, -0.25) is 9.69 Å². The largest absolute Gasteiger partial charge is 0.381 e. The van der Waals surface area contributed by atoms with E-state index < -0.39 is 0 Å². The summed E-state index contributed by atoms with van der Waals surface area (Å²) in [4.78, 5) is 22.9. The van der Waals surface area contributed by atoms with Gasteiger partial charge < -0.3 is 19.9 Å². The first-order chi connectivity index (χ1) is 14.0. The zero-order chi connectivity index (χ0) is 20.6. The van der Waals surface area contributed by atoms with Crippen molar-refractivity contribution in [3.8, 4) is 0 Å². The van der Waals surface area contributed by atoms with Crippen molar-refractivity contribution in [2.45, 2.75) is 13.0 Å². The maximum atomic E-state index is 12.0. The molecule has 0 bridgehead atoms. The smallest absolute Gasteiger partial charge is 0.243 e. The lowest BCUT2D eigenvalue weighted by Gasteiger charge is -2.37. The van der Waals surface area contributed by atoms with E-state index in [1.807, 2.05) is 12.1 Å². The summed E-state index contributed by atoms with van der Waals surface area (Å²) < 4.78 is 5.47. The normalized spacial score (nSPS) is 20.7. The minimum atomic E-state index is 0.00914. The van der Waals surface area contributed by atoms with Crippen molar-refractivity contribution in [2.75, 3.05) is 66.6 Å². The van der Waals surface area contributed by atoms with Gasteiger partial charge in [0.2, 0.25) is 5.91 Å². The summed E-state index contributed by atoms with van der Waals surface area (Å²) >= 11 is 5.98. The van der Waals surface area contributed by atoms with Gasteiger partial charge in [0.05, 0.1) is 6.61 Å². The van der Waals surface area contributed by atoms with E-state index in [9.17, 15) is 4.79 Å². The van der Waals surface area contributed by atoms with Crippen molar-refractivity contribution < 1.29 is 9.53 Å². The quantitative estimate of drug-likeness (QED) is 0.557. The van der Waals surface area contributed by atoms with E-state index in [0.29, 0.717) is 5.92 Å². The number of carbonyl (C=O) groups is 1. The molecule has 2 saturated heterocycles. The van der Waals surface area contributed by atoms with Gasteiger partial charge in [0.25, 0.3) is 0 Å². The predicted molar refractivity (Wildman–Crippen MR) is 116 cm³/mol. The monoisotopic (exact) mass is 421 g/mol. The van der Waals surface area contributed by atoms with Crippen molar-refractivity contribution >= 4 is 23.5 Å². The minimum Gasteiger partial charge on any atom is -0.381 e. The number of amides is 1. The third-order valence-corrected chi connectivity index (χ3v) is 5.68. The van der Waals surface area contributed by atoms with Crippen LogP contribution in [0.25, 0.3) is 0 Å². The molecule has 7 nitrogen and oxygen atoms in total. The molecule has 2 fully saturated rings. The van der Waals surface area contributed by atoms with Crippen LogP contribution in [0.5, 0.6) is 0 Å². The van der Waals surface area contributed by atoms with Gasteiger partial charge in [0.1, 0.15) is 6.54 Å². The highest BCUT2D eigenvalue weighted by Gasteiger charge is 2.22. The van der Waals surface area contributed by atoms with Crippen molar-refractivity contribution in [2.24, 2.45) is 10.9 Å². The molecule has 160 valence electrons. The number of hydrogen-bond acceptors (Lipinski definition) is 4. The Morgan fingerprint density at radius 1 is 1.24 bits per heavy atom. The first-order valence-electron chi connectivity index (χ1n) is 10.3. The average Bonchev–Trinajstić information content (AvgIpc) is 3.24. The van der Waals surface area contributed by atoms with Crippen molar-refractivity contribution in [1.29, 1.82) is 0 Å². The third kappa shape index (κ3) is 6.87. The first-order valence-corrected chi connectivity index (χ1v) is 10.7. The van der Waals surface area contributed by atoms with E-state index in [2.05, 4.69) is 32.2 Å². The molecule has 2 aliphatic rings. The first kappa shape index (κ1) is 21.9. The topological polar surface area (TPSA) is 60.4 Å². The van der Waals surface area contributed by atoms with E-state index >= 15 is 0 Å². The molecule has 1 amide bonds. The van der Waals surface area contributed by atoms with Gasteiger partial charge in [-0.05, 0) is 24.1 Å². The van der Waals surface area contributed by atoms with Crippen LogP contribution in [-0.4, -0.2) is 93.1 Å². The standard InChI is InChI=1S/C21H32ClN5O2/c1-25(2)20(28)14-24-21(23-13-18-7-12-29-16-18)27-10-8-26(9-11-27)15-17-3-5-19(22)6-4-17/h3-6,18H,7-16H2,1-2H3,(H,23,24). The molecule has 1 aromatic rings. The maximum Gasteiger partial charge on any atom is 0.243 e. The van der Waals surface area contributed by atoms with Crippen LogP contribution in [0.4, 0.5) is 0 Å². The molecule has 29 heavy (non-hydrogen) atoms. The number of nitrogens with one attached hydrogen (secondary N) is 1. The van der Waals surface area contributed by atoms with Crippen LogP contribution >= 0.6 is 11.6 Å². The molecule has 1 N–H and O–H groups in total. The zero-order valence-electron chi connectivity index (χ0n) is 17.4. The third-order valence-electron chi connectivity index (χ3n) is 5.43. The highest BCUT2D eigenvalue weighted by atomic mass is 35.5. The number of piperazine rings is 1. The lowest BCUT2D eigenvalue weighted by atomic mass is 10.1. The van der Waals surface area contributed by atoms with Crippen LogP contribution in [0.1, 0.15) is 12.0 Å². The number of rotatable bonds is 6. The molecule has 0 aliphatic carbocycles. The Morgan fingerprint density at radius 3 is 2.59 bits per heavy atom. The fourth-order valence-corrected chi connectivity index (χ4v) is 3.62. The molecule has 8 heteroatoms. The molecule has 0 spiro atoms. The number of carbonyl (C=O) groups excluding carboxylic acids is 1. The summed E-state index contributed by atoms with van der Waals surface area (Å²) in [5, 5.41) is 4.26. The number of aliphatic imine (C=N–C) groups is 1. The van der Waals surface area contributed by atoms with E-state index in [4.69, 9.17) is 16.3 Å². The number of hydrogen-bond donors (Lipinski definition) is 1. The lowest BCUT2D eigenvalue weighted by Crippen LogP contribution is -2.53. The van der Waals surface area contributed by atoms with Gasteiger partial charge in [-0.25, -0.2) is 4.99 Å². The van der Waals surface area contributed by atoms with Gasteiger partial charge in [-0.1, -0.05) is 23.7 Å². The molecule has 0 saturated carbocycles. The summed E-state index contributed by atoms with van der Waals surface area (Å²) in [7, 11) is 3.52. The van der Waals surface area contributed by atoms with E-state index in [0.717, 1.165) is 69.9 Å². The number of guanidine groups is 1. The van der Waals surface area contributed by atoms with E-state index in [1.54, 1.807) is 19.0 Å². The zero-order valence-corrected chi connectivity index (χ0v) is 18.2. The molecule has 1 atom stereocenters. The average molecular weight is 422 g/mol. The number of nitrogens with zero attached hydrogens (tertiary/aromatic N) is 4. The van der Waals surface area contributed by atoms with Crippen molar-refractivity contribution in [3.63, 3.8) is 0 Å². The Labute approximate surface area is 178 Å². The number of halogens is 1. The Bertz CT molecular complexity index is 681. The van der Waals surface area contributed by atoms with E-state index in [-0.39, 0.29) is 12.5 Å². The highest BCUT2D eigenvalue weighted by molar-refractivity contribution is 6.30. The predicted octanol–water partition coefficient (Wildman–Crippen LogP) is 1.53. The Hall–Kier alpha value is -1.83. The summed E-state index contributed by atoms with van der Waals surface area (Å²) in [5.74, 6) is 1.35. The molecule has 0 radical (unpaired) electrons. The van der Waals surface area contributed by atoms with Crippen LogP contribution in [0.15, 0.2) is 29.3 Å². The Balaban J connectivity index is 1.54. The van der Waals surface area contributed by atoms with E-state index in [1.165, 1.54) is 5.56 Å². The molecular formula is C21H32ClN5O2. The second kappa shape index (κ2) is 10.8. The lowest BCUT2D eigenvalue weighted by molar-refractivity contribution is -0.127. The van der Waals surface area contributed by atoms with Gasteiger partial charge in [0, 0.05) is 70.9 Å². The summed E-state index contributed by atoms with van der Waals surface area (Å²) in [6.07, 6.45) is 1.08. The van der Waals surface area contributed by atoms with Gasteiger partial charge in [0.15, 0.2) is 5.96 Å². The second-order valence-electron chi connectivity index (χ2n) is 7.93. The Morgan fingerprint density at radius 2 is 1.97 bits per heavy atom. The van der Waals surface area contributed by atoms with Crippen LogP contribution < -0.4 is 5.32 Å². The maximum absolute atomic E-state index is 12.0. The van der Waals surface area contributed by atoms with Gasteiger partial charge in [-0.2, -0.15) is 0 Å². The highest BCUT2D eigenvalue weighted by Crippen LogP contribution is 2.14. The molecule has 1 unspecified atom stereocenters. The number of benzene rings is 1. The van der Waals surface area contributed by atoms with Crippen molar-refractivity contribution in [3.05, 3.63) is 34.9 Å². The SMILES string of the molecule is CN(C)C(=O)CN=C(NCC1CCOC1)N1CCN(Cc2ccc(Cl)cc2)CC1. The summed E-state index contributed by atoms with van der Waals surface area (Å²) in [6.45, 7) is 7.24. The molecule has 2 aliphatic heterocycles. The van der Waals surface area contributed by atoms with Gasteiger partial charge >= 0.3 is 0 Å². The molecule has 3 rings (SSSR count). The fourth-order valence-electron chi connectivity index (χ4n) is 3.50. The summed E-state index contributed by atoms with van der Waals surface area (Å²) in [5.41, 5.74) is 1.27. The Kier molecular flexibility index (Phi) is 8.15. The molecule has 1 aromatic carbocycles. The summed E-state index contributed by atoms with van der Waals surface area (Å²) in [6, 6.07) is 8.05. The van der Waals surface area contributed by atoms with Gasteiger partial charge in [-0.15, -0.1) is 0 Å². The molecule has 0 aromatic heterocycles. The molecular weight excluding hydrogens is 390 g/mol.